The molecule has 3 amide bonds. The minimum absolute atomic E-state index is 0.0451. The van der Waals surface area contributed by atoms with Gasteiger partial charge in [-0.3, -0.25) is 14.4 Å². The summed E-state index contributed by atoms with van der Waals surface area (Å²) in [6.45, 7) is 3.06. The molecule has 0 saturated heterocycles. The van der Waals surface area contributed by atoms with Crippen molar-refractivity contribution < 1.29 is 23.5 Å². The SMILES string of the molecule is CCN1C(=O)CN(C)C(=O)c2c1sc1c2CCN(C(=O)c2cnc(OC)c(F)c2)C1. The number of likely N-dealkylation sites (N-methyl/N-ethyl adjacent to an activating group) is 2. The zero-order valence-electron chi connectivity index (χ0n) is 16.9. The van der Waals surface area contributed by atoms with Crippen molar-refractivity contribution in [2.45, 2.75) is 19.9 Å². The molecule has 0 bridgehead atoms. The third kappa shape index (κ3) is 3.20. The van der Waals surface area contributed by atoms with E-state index in [-0.39, 0.29) is 35.7 Å². The average Bonchev–Trinajstić information content (AvgIpc) is 3.07. The van der Waals surface area contributed by atoms with E-state index in [2.05, 4.69) is 4.98 Å². The molecule has 8 nitrogen and oxygen atoms in total. The summed E-state index contributed by atoms with van der Waals surface area (Å²) in [4.78, 5) is 47.7. The summed E-state index contributed by atoms with van der Waals surface area (Å²) < 4.78 is 18.8. The van der Waals surface area contributed by atoms with Crippen LogP contribution in [0.3, 0.4) is 0 Å². The molecule has 0 N–H and O–H groups in total. The molecule has 0 aliphatic carbocycles. The summed E-state index contributed by atoms with van der Waals surface area (Å²) in [6, 6.07) is 1.11. The second-order valence-corrected chi connectivity index (χ2v) is 8.26. The first-order valence-electron chi connectivity index (χ1n) is 9.54. The second-order valence-electron chi connectivity index (χ2n) is 7.17. The molecule has 0 fully saturated rings. The number of carbonyl (C=O) groups excluding carboxylic acids is 3. The fourth-order valence-electron chi connectivity index (χ4n) is 3.83. The number of hydrogen-bond acceptors (Lipinski definition) is 6. The summed E-state index contributed by atoms with van der Waals surface area (Å²) in [5.74, 6) is -1.51. The van der Waals surface area contributed by atoms with Crippen molar-refractivity contribution in [2.24, 2.45) is 0 Å². The van der Waals surface area contributed by atoms with Crippen molar-refractivity contribution >= 4 is 34.1 Å². The zero-order valence-corrected chi connectivity index (χ0v) is 17.7. The molecule has 2 aromatic heterocycles. The van der Waals surface area contributed by atoms with E-state index >= 15 is 0 Å². The van der Waals surface area contributed by atoms with Crippen LogP contribution in [0.1, 0.15) is 38.1 Å². The monoisotopic (exact) mass is 432 g/mol. The van der Waals surface area contributed by atoms with Gasteiger partial charge in [0.1, 0.15) is 11.5 Å². The van der Waals surface area contributed by atoms with Crippen molar-refractivity contribution in [3.05, 3.63) is 39.6 Å². The maximum atomic E-state index is 14.0. The highest BCUT2D eigenvalue weighted by molar-refractivity contribution is 7.17. The van der Waals surface area contributed by atoms with Gasteiger partial charge in [0.15, 0.2) is 5.82 Å². The van der Waals surface area contributed by atoms with Gasteiger partial charge in [-0.2, -0.15) is 0 Å². The van der Waals surface area contributed by atoms with Gasteiger partial charge in [0, 0.05) is 31.2 Å². The van der Waals surface area contributed by atoms with Crippen molar-refractivity contribution in [1.82, 2.24) is 14.8 Å². The molecule has 158 valence electrons. The minimum atomic E-state index is -0.699. The van der Waals surface area contributed by atoms with E-state index in [0.29, 0.717) is 36.6 Å². The van der Waals surface area contributed by atoms with Crippen LogP contribution >= 0.6 is 11.3 Å². The average molecular weight is 432 g/mol. The summed E-state index contributed by atoms with van der Waals surface area (Å²) in [7, 11) is 2.93. The van der Waals surface area contributed by atoms with Crippen molar-refractivity contribution in [2.75, 3.05) is 38.7 Å². The Morgan fingerprint density at radius 2 is 2.10 bits per heavy atom. The molecule has 2 aromatic rings. The molecular weight excluding hydrogens is 411 g/mol. The number of carbonyl (C=O) groups is 3. The first-order valence-corrected chi connectivity index (χ1v) is 10.4. The molecule has 0 atom stereocenters. The fourth-order valence-corrected chi connectivity index (χ4v) is 5.27. The van der Waals surface area contributed by atoms with E-state index in [0.717, 1.165) is 16.5 Å². The van der Waals surface area contributed by atoms with Crippen LogP contribution < -0.4 is 9.64 Å². The quantitative estimate of drug-likeness (QED) is 0.740. The number of pyridine rings is 1. The first kappa shape index (κ1) is 20.3. The summed E-state index contributed by atoms with van der Waals surface area (Å²) >= 11 is 1.37. The molecule has 4 rings (SSSR count). The Hall–Kier alpha value is -3.01. The maximum Gasteiger partial charge on any atom is 0.257 e. The van der Waals surface area contributed by atoms with Crippen LogP contribution in [0.15, 0.2) is 12.3 Å². The summed E-state index contributed by atoms with van der Waals surface area (Å²) in [6.07, 6.45) is 1.78. The predicted octanol–water partition coefficient (Wildman–Crippen LogP) is 1.93. The number of hydrogen-bond donors (Lipinski definition) is 0. The van der Waals surface area contributed by atoms with Crippen LogP contribution in [0.2, 0.25) is 0 Å². The van der Waals surface area contributed by atoms with Crippen LogP contribution in [0.4, 0.5) is 9.39 Å². The maximum absolute atomic E-state index is 14.0. The number of fused-ring (bicyclic) bond motifs is 3. The van der Waals surface area contributed by atoms with Crippen LogP contribution in [-0.2, 0) is 17.8 Å². The molecule has 0 radical (unpaired) electrons. The normalized spacial score (nSPS) is 16.3. The molecule has 0 saturated carbocycles. The Bertz CT molecular complexity index is 1050. The van der Waals surface area contributed by atoms with E-state index in [1.807, 2.05) is 6.92 Å². The molecule has 2 aliphatic heterocycles. The molecular formula is C20H21FN4O4S. The lowest BCUT2D eigenvalue weighted by Gasteiger charge is -2.27. The van der Waals surface area contributed by atoms with Gasteiger partial charge in [-0.25, -0.2) is 9.37 Å². The molecule has 0 unspecified atom stereocenters. The highest BCUT2D eigenvalue weighted by Crippen LogP contribution is 2.41. The van der Waals surface area contributed by atoms with Crippen LogP contribution in [0.5, 0.6) is 5.88 Å². The lowest BCUT2D eigenvalue weighted by atomic mass is 10.0. The Morgan fingerprint density at radius 1 is 1.33 bits per heavy atom. The first-order chi connectivity index (χ1) is 14.3. The van der Waals surface area contributed by atoms with Crippen LogP contribution in [-0.4, -0.2) is 66.3 Å². The lowest BCUT2D eigenvalue weighted by molar-refractivity contribution is -0.118. The van der Waals surface area contributed by atoms with Crippen molar-refractivity contribution in [3.63, 3.8) is 0 Å². The molecule has 2 aliphatic rings. The number of methoxy groups -OCH3 is 1. The van der Waals surface area contributed by atoms with Gasteiger partial charge in [0.05, 0.1) is 24.8 Å². The van der Waals surface area contributed by atoms with E-state index in [9.17, 15) is 18.8 Å². The second kappa shape index (κ2) is 7.67. The molecule has 4 heterocycles. The van der Waals surface area contributed by atoms with Crippen molar-refractivity contribution in [1.29, 1.82) is 0 Å². The summed E-state index contributed by atoms with van der Waals surface area (Å²) in [5.41, 5.74) is 1.59. The largest absolute Gasteiger partial charge is 0.479 e. The topological polar surface area (TPSA) is 83.1 Å². The van der Waals surface area contributed by atoms with Gasteiger partial charge in [-0.1, -0.05) is 0 Å². The molecule has 30 heavy (non-hydrogen) atoms. The zero-order chi connectivity index (χ0) is 21.6. The standard InChI is InChI=1S/C20H21FN4O4S/c1-4-25-15(26)10-23(2)19(28)16-12-5-6-24(9-14(12)30-20(16)25)18(27)11-7-13(21)17(29-3)22-8-11/h7-8H,4-6,9-10H2,1-3H3. The number of amides is 3. The van der Waals surface area contributed by atoms with E-state index < -0.39 is 5.82 Å². The number of thiophene rings is 1. The molecule has 0 spiro atoms. The third-order valence-corrected chi connectivity index (χ3v) is 6.61. The molecule has 0 aromatic carbocycles. The number of halogens is 1. The number of aromatic nitrogens is 1. The summed E-state index contributed by atoms with van der Waals surface area (Å²) in [5, 5.41) is 0.647. The van der Waals surface area contributed by atoms with Gasteiger partial charge in [0.2, 0.25) is 11.8 Å². The Balaban J connectivity index is 1.66. The Kier molecular flexibility index (Phi) is 5.19. The predicted molar refractivity (Wildman–Crippen MR) is 108 cm³/mol. The number of rotatable bonds is 3. The minimum Gasteiger partial charge on any atom is -0.479 e. The van der Waals surface area contributed by atoms with Crippen molar-refractivity contribution in [3.8, 4) is 5.88 Å². The number of nitrogens with zero attached hydrogens (tertiary/aromatic N) is 4. The van der Waals surface area contributed by atoms with Gasteiger partial charge < -0.3 is 19.4 Å². The Morgan fingerprint density at radius 3 is 2.77 bits per heavy atom. The van der Waals surface area contributed by atoms with Crippen LogP contribution in [0, 0.1) is 5.82 Å². The van der Waals surface area contributed by atoms with Gasteiger partial charge in [-0.05, 0) is 25.0 Å². The molecule has 10 heteroatoms. The van der Waals surface area contributed by atoms with Crippen LogP contribution in [0.25, 0.3) is 0 Å². The van der Waals surface area contributed by atoms with E-state index in [1.54, 1.807) is 16.8 Å². The van der Waals surface area contributed by atoms with Gasteiger partial charge in [-0.15, -0.1) is 11.3 Å². The van der Waals surface area contributed by atoms with Gasteiger partial charge in [0.25, 0.3) is 11.8 Å². The third-order valence-electron chi connectivity index (χ3n) is 5.37. The van der Waals surface area contributed by atoms with E-state index in [4.69, 9.17) is 4.74 Å². The van der Waals surface area contributed by atoms with Gasteiger partial charge >= 0.3 is 0 Å². The highest BCUT2D eigenvalue weighted by atomic mass is 32.1. The fraction of sp³-hybridized carbons (Fsp3) is 0.400. The number of anilines is 1. The van der Waals surface area contributed by atoms with E-state index in [1.165, 1.54) is 29.5 Å². The highest BCUT2D eigenvalue weighted by Gasteiger charge is 2.37. The Labute approximate surface area is 176 Å². The number of ether oxygens (including phenoxy) is 1. The smallest absolute Gasteiger partial charge is 0.257 e. The lowest BCUT2D eigenvalue weighted by Crippen LogP contribution is -2.38.